The molecule has 1 aliphatic rings. The predicted molar refractivity (Wildman–Crippen MR) is 109 cm³/mol. The van der Waals surface area contributed by atoms with Crippen molar-refractivity contribution in [2.45, 2.75) is 6.42 Å². The van der Waals surface area contributed by atoms with Crippen LogP contribution in [-0.4, -0.2) is 68.8 Å². The third-order valence-corrected chi connectivity index (χ3v) is 4.69. The fourth-order valence-corrected chi connectivity index (χ4v) is 3.09. The summed E-state index contributed by atoms with van der Waals surface area (Å²) in [6, 6.07) is 11.4. The predicted octanol–water partition coefficient (Wildman–Crippen LogP) is 1.81. The molecule has 7 heteroatoms. The summed E-state index contributed by atoms with van der Waals surface area (Å²) < 4.78 is 10.6. The van der Waals surface area contributed by atoms with E-state index in [-0.39, 0.29) is 5.91 Å². The van der Waals surface area contributed by atoms with E-state index >= 15 is 0 Å². The highest BCUT2D eigenvalue weighted by Crippen LogP contribution is 2.13. The number of methoxy groups -OCH3 is 1. The summed E-state index contributed by atoms with van der Waals surface area (Å²) >= 11 is 0. The molecule has 2 aromatic rings. The molecule has 1 aromatic carbocycles. The van der Waals surface area contributed by atoms with E-state index in [1.165, 1.54) is 0 Å². The first-order valence-corrected chi connectivity index (χ1v) is 9.66. The number of ether oxygens (including phenoxy) is 2. The lowest BCUT2D eigenvalue weighted by molar-refractivity contribution is 0.0398. The fraction of sp³-hybridized carbons (Fsp3) is 0.429. The van der Waals surface area contributed by atoms with Crippen LogP contribution in [0.15, 0.2) is 42.6 Å². The largest absolute Gasteiger partial charge is 0.497 e. The lowest BCUT2D eigenvalue weighted by Crippen LogP contribution is -2.39. The molecule has 0 radical (unpaired) electrons. The minimum Gasteiger partial charge on any atom is -0.497 e. The molecule has 0 saturated carbocycles. The van der Waals surface area contributed by atoms with Crippen LogP contribution in [0.25, 0.3) is 0 Å². The van der Waals surface area contributed by atoms with Crippen molar-refractivity contribution in [1.82, 2.24) is 15.2 Å². The smallest absolute Gasteiger partial charge is 0.251 e. The molecular weight excluding hydrogens is 356 g/mol. The third-order valence-electron chi connectivity index (χ3n) is 4.69. The van der Waals surface area contributed by atoms with E-state index in [2.05, 4.69) is 20.5 Å². The van der Waals surface area contributed by atoms with Crippen LogP contribution in [-0.2, 0) is 11.2 Å². The van der Waals surface area contributed by atoms with Gasteiger partial charge < -0.3 is 20.1 Å². The van der Waals surface area contributed by atoms with Gasteiger partial charge in [-0.25, -0.2) is 4.98 Å². The van der Waals surface area contributed by atoms with Gasteiger partial charge in [0.05, 0.1) is 20.3 Å². The number of morpholine rings is 1. The van der Waals surface area contributed by atoms with Crippen molar-refractivity contribution in [3.8, 4) is 5.75 Å². The monoisotopic (exact) mass is 384 g/mol. The average molecular weight is 384 g/mol. The van der Waals surface area contributed by atoms with E-state index in [0.29, 0.717) is 17.9 Å². The Morgan fingerprint density at radius 3 is 2.89 bits per heavy atom. The third kappa shape index (κ3) is 6.21. The van der Waals surface area contributed by atoms with Crippen LogP contribution in [0.2, 0.25) is 0 Å². The van der Waals surface area contributed by atoms with Crippen LogP contribution >= 0.6 is 0 Å². The molecule has 28 heavy (non-hydrogen) atoms. The molecule has 2 heterocycles. The Balaban J connectivity index is 1.43. The summed E-state index contributed by atoms with van der Waals surface area (Å²) in [4.78, 5) is 19.1. The molecular formula is C21H28N4O3. The van der Waals surface area contributed by atoms with E-state index in [0.717, 1.165) is 57.1 Å². The molecule has 0 atom stereocenters. The van der Waals surface area contributed by atoms with Crippen LogP contribution in [0.5, 0.6) is 5.75 Å². The quantitative estimate of drug-likeness (QED) is 0.687. The summed E-state index contributed by atoms with van der Waals surface area (Å²) in [5.74, 6) is 1.45. The standard InChI is InChI=1S/C21H28N4O3/c1-27-19-4-2-3-17(15-19)5-7-24-21(26)18-6-8-22-20(16-18)23-9-10-25-11-13-28-14-12-25/h2-4,6,8,15-16H,5,7,9-14H2,1H3,(H,22,23)(H,24,26). The number of benzene rings is 1. The number of nitrogens with one attached hydrogen (secondary N) is 2. The van der Waals surface area contributed by atoms with Gasteiger partial charge >= 0.3 is 0 Å². The number of rotatable bonds is 9. The summed E-state index contributed by atoms with van der Waals surface area (Å²) in [5, 5.41) is 6.26. The zero-order chi connectivity index (χ0) is 19.6. The molecule has 1 saturated heterocycles. The molecule has 1 aromatic heterocycles. The van der Waals surface area contributed by atoms with Crippen LogP contribution in [0, 0.1) is 0 Å². The van der Waals surface area contributed by atoms with Crippen LogP contribution in [0.1, 0.15) is 15.9 Å². The first kappa shape index (κ1) is 20.1. The van der Waals surface area contributed by atoms with E-state index < -0.39 is 0 Å². The van der Waals surface area contributed by atoms with Gasteiger partial charge in [-0.2, -0.15) is 0 Å². The summed E-state index contributed by atoms with van der Waals surface area (Å²) in [7, 11) is 1.65. The van der Waals surface area contributed by atoms with E-state index in [1.54, 1.807) is 25.4 Å². The summed E-state index contributed by atoms with van der Waals surface area (Å²) in [6.45, 7) is 5.80. The molecule has 1 aliphatic heterocycles. The number of amides is 1. The van der Waals surface area contributed by atoms with Gasteiger partial charge in [0.25, 0.3) is 5.91 Å². The van der Waals surface area contributed by atoms with Crippen LogP contribution in [0.3, 0.4) is 0 Å². The first-order chi connectivity index (χ1) is 13.7. The SMILES string of the molecule is COc1cccc(CCNC(=O)c2ccnc(NCCN3CCOCC3)c2)c1. The van der Waals surface area contributed by atoms with E-state index in [1.807, 2.05) is 24.3 Å². The minimum absolute atomic E-state index is 0.0958. The minimum atomic E-state index is -0.0958. The van der Waals surface area contributed by atoms with Crippen LogP contribution < -0.4 is 15.4 Å². The Hall–Kier alpha value is -2.64. The van der Waals surface area contributed by atoms with Gasteiger partial charge in [-0.1, -0.05) is 12.1 Å². The molecule has 1 amide bonds. The first-order valence-electron chi connectivity index (χ1n) is 9.66. The maximum absolute atomic E-state index is 12.4. The Kier molecular flexibility index (Phi) is 7.63. The Morgan fingerprint density at radius 2 is 2.07 bits per heavy atom. The molecule has 0 unspecified atom stereocenters. The van der Waals surface area contributed by atoms with Gasteiger partial charge in [-0.15, -0.1) is 0 Å². The van der Waals surface area contributed by atoms with Gasteiger partial charge in [-0.3, -0.25) is 9.69 Å². The Bertz CT molecular complexity index is 763. The molecule has 1 fully saturated rings. The number of aromatic nitrogens is 1. The number of carbonyl (C=O) groups excluding carboxylic acids is 1. The number of pyridine rings is 1. The molecule has 150 valence electrons. The van der Waals surface area contributed by atoms with Crippen molar-refractivity contribution < 1.29 is 14.3 Å². The highest BCUT2D eigenvalue weighted by atomic mass is 16.5. The second kappa shape index (κ2) is 10.6. The molecule has 0 aliphatic carbocycles. The topological polar surface area (TPSA) is 75.7 Å². The number of hydrogen-bond acceptors (Lipinski definition) is 6. The zero-order valence-electron chi connectivity index (χ0n) is 16.3. The average Bonchev–Trinajstić information content (AvgIpc) is 2.75. The number of carbonyl (C=O) groups is 1. The molecule has 0 bridgehead atoms. The van der Waals surface area contributed by atoms with Gasteiger partial charge in [0.15, 0.2) is 0 Å². The van der Waals surface area contributed by atoms with E-state index in [4.69, 9.17) is 9.47 Å². The lowest BCUT2D eigenvalue weighted by atomic mass is 10.1. The normalized spacial score (nSPS) is 14.5. The number of anilines is 1. The number of hydrogen-bond donors (Lipinski definition) is 2. The maximum atomic E-state index is 12.4. The number of nitrogens with zero attached hydrogens (tertiary/aromatic N) is 2. The van der Waals surface area contributed by atoms with Crippen molar-refractivity contribution in [1.29, 1.82) is 0 Å². The molecule has 7 nitrogen and oxygen atoms in total. The van der Waals surface area contributed by atoms with Crippen LogP contribution in [0.4, 0.5) is 5.82 Å². The van der Waals surface area contributed by atoms with Crippen molar-refractivity contribution in [2.75, 3.05) is 58.4 Å². The maximum Gasteiger partial charge on any atom is 0.251 e. The second-order valence-corrected chi connectivity index (χ2v) is 6.67. The second-order valence-electron chi connectivity index (χ2n) is 6.67. The van der Waals surface area contributed by atoms with Gasteiger partial charge in [0, 0.05) is 44.5 Å². The lowest BCUT2D eigenvalue weighted by Gasteiger charge is -2.26. The highest BCUT2D eigenvalue weighted by Gasteiger charge is 2.10. The van der Waals surface area contributed by atoms with Gasteiger partial charge in [-0.05, 0) is 36.2 Å². The van der Waals surface area contributed by atoms with Crippen molar-refractivity contribution >= 4 is 11.7 Å². The Labute approximate surface area is 166 Å². The van der Waals surface area contributed by atoms with Crippen molar-refractivity contribution in [2.24, 2.45) is 0 Å². The van der Waals surface area contributed by atoms with Crippen molar-refractivity contribution in [3.63, 3.8) is 0 Å². The Morgan fingerprint density at radius 1 is 1.21 bits per heavy atom. The zero-order valence-corrected chi connectivity index (χ0v) is 16.3. The highest BCUT2D eigenvalue weighted by molar-refractivity contribution is 5.94. The summed E-state index contributed by atoms with van der Waals surface area (Å²) in [6.07, 6.45) is 2.41. The molecule has 3 rings (SSSR count). The molecule has 2 N–H and O–H groups in total. The van der Waals surface area contributed by atoms with Gasteiger partial charge in [0.2, 0.25) is 0 Å². The fourth-order valence-electron chi connectivity index (χ4n) is 3.09. The molecule has 0 spiro atoms. The van der Waals surface area contributed by atoms with Gasteiger partial charge in [0.1, 0.15) is 11.6 Å². The van der Waals surface area contributed by atoms with E-state index in [9.17, 15) is 4.79 Å². The van der Waals surface area contributed by atoms with Crippen molar-refractivity contribution in [3.05, 3.63) is 53.7 Å². The summed E-state index contributed by atoms with van der Waals surface area (Å²) in [5.41, 5.74) is 1.73.